The first kappa shape index (κ1) is 15.0. The number of hydrogen-bond acceptors (Lipinski definition) is 4. The van der Waals surface area contributed by atoms with Crippen molar-refractivity contribution in [3.05, 3.63) is 22.5 Å². The largest absolute Gasteiger partial charge is 0.353 e. The number of aryl methyl sites for hydroxylation is 2. The van der Waals surface area contributed by atoms with Crippen LogP contribution in [0.25, 0.3) is 4.96 Å². The molecule has 2 rings (SSSR count). The second-order valence-electron chi connectivity index (χ2n) is 5.40. The lowest BCUT2D eigenvalue weighted by molar-refractivity contribution is -0.123. The fraction of sp³-hybridized carbons (Fsp3) is 0.571. The Kier molecular flexibility index (Phi) is 4.45. The lowest BCUT2D eigenvalue weighted by Crippen LogP contribution is -2.44. The Hall–Kier alpha value is -1.40. The molecule has 6 heteroatoms. The van der Waals surface area contributed by atoms with Gasteiger partial charge in [0.05, 0.1) is 17.4 Å². The number of carbonyl (C=O) groups excluding carboxylic acids is 1. The zero-order chi connectivity index (χ0) is 14.9. The molecule has 1 atom stereocenters. The van der Waals surface area contributed by atoms with Gasteiger partial charge in [-0.25, -0.2) is 4.98 Å². The summed E-state index contributed by atoms with van der Waals surface area (Å²) in [6, 6.07) is -0.0597. The first-order chi connectivity index (χ1) is 9.40. The highest BCUT2D eigenvalue weighted by atomic mass is 32.1. The van der Waals surface area contributed by atoms with Crippen LogP contribution in [0.4, 0.5) is 0 Å². The fourth-order valence-electron chi connectivity index (χ4n) is 2.13. The molecule has 110 valence electrons. The topological polar surface area (TPSA) is 58.4 Å². The molecule has 0 radical (unpaired) electrons. The summed E-state index contributed by atoms with van der Waals surface area (Å²) >= 11 is 1.64. The molecule has 0 saturated carbocycles. The molecule has 0 bridgehead atoms. The number of hydrogen-bond donors (Lipinski definition) is 2. The van der Waals surface area contributed by atoms with Crippen molar-refractivity contribution in [1.29, 1.82) is 0 Å². The van der Waals surface area contributed by atoms with Gasteiger partial charge in [0.25, 0.3) is 0 Å². The number of amides is 1. The second-order valence-corrected chi connectivity index (χ2v) is 6.24. The Labute approximate surface area is 123 Å². The minimum atomic E-state index is -0.221. The van der Waals surface area contributed by atoms with Crippen molar-refractivity contribution in [2.45, 2.75) is 53.2 Å². The van der Waals surface area contributed by atoms with E-state index in [1.54, 1.807) is 11.3 Å². The van der Waals surface area contributed by atoms with E-state index in [0.717, 1.165) is 16.3 Å². The third-order valence-corrected chi connectivity index (χ3v) is 4.17. The maximum Gasteiger partial charge on any atom is 0.237 e. The minimum Gasteiger partial charge on any atom is -0.353 e. The molecule has 0 spiro atoms. The molecule has 0 aliphatic heterocycles. The van der Waals surface area contributed by atoms with Crippen LogP contribution in [0, 0.1) is 13.8 Å². The summed E-state index contributed by atoms with van der Waals surface area (Å²) in [5.41, 5.74) is 3.33. The number of nitrogens with zero attached hydrogens (tertiary/aromatic N) is 2. The Bertz CT molecular complexity index is 614. The number of nitrogens with one attached hydrogen (secondary N) is 2. The van der Waals surface area contributed by atoms with Gasteiger partial charge in [0.2, 0.25) is 5.91 Å². The molecular weight excluding hydrogens is 272 g/mol. The van der Waals surface area contributed by atoms with Crippen LogP contribution in [0.5, 0.6) is 0 Å². The van der Waals surface area contributed by atoms with Crippen LogP contribution in [0.15, 0.2) is 5.38 Å². The van der Waals surface area contributed by atoms with E-state index < -0.39 is 0 Å². The van der Waals surface area contributed by atoms with Crippen molar-refractivity contribution in [2.24, 2.45) is 0 Å². The highest BCUT2D eigenvalue weighted by Gasteiger charge is 2.16. The summed E-state index contributed by atoms with van der Waals surface area (Å²) in [6.07, 6.45) is 0. The molecule has 2 aromatic heterocycles. The van der Waals surface area contributed by atoms with Crippen molar-refractivity contribution in [2.75, 3.05) is 0 Å². The third kappa shape index (κ3) is 3.02. The van der Waals surface area contributed by atoms with E-state index in [1.807, 2.05) is 27.7 Å². The van der Waals surface area contributed by atoms with Crippen LogP contribution >= 0.6 is 11.3 Å². The molecule has 2 N–H and O–H groups in total. The lowest BCUT2D eigenvalue weighted by atomic mass is 10.2. The molecular formula is C14H22N4OS. The molecule has 1 unspecified atom stereocenters. The summed E-state index contributed by atoms with van der Waals surface area (Å²) in [5, 5.41) is 8.28. The van der Waals surface area contributed by atoms with Gasteiger partial charge in [-0.2, -0.15) is 0 Å². The van der Waals surface area contributed by atoms with Gasteiger partial charge in [-0.3, -0.25) is 9.20 Å². The molecule has 0 aliphatic carbocycles. The first-order valence-corrected chi connectivity index (χ1v) is 7.74. The van der Waals surface area contributed by atoms with E-state index in [-0.39, 0.29) is 18.0 Å². The average molecular weight is 294 g/mol. The summed E-state index contributed by atoms with van der Waals surface area (Å²) < 4.78 is 2.15. The number of rotatable bonds is 5. The predicted molar refractivity (Wildman–Crippen MR) is 82.1 cm³/mol. The predicted octanol–water partition coefficient (Wildman–Crippen LogP) is 2.02. The van der Waals surface area contributed by atoms with Gasteiger partial charge in [0, 0.05) is 23.7 Å². The molecule has 20 heavy (non-hydrogen) atoms. The van der Waals surface area contributed by atoms with Crippen LogP contribution in [0.3, 0.4) is 0 Å². The van der Waals surface area contributed by atoms with E-state index in [1.165, 1.54) is 5.69 Å². The molecule has 0 saturated heterocycles. The van der Waals surface area contributed by atoms with Gasteiger partial charge < -0.3 is 10.6 Å². The highest BCUT2D eigenvalue weighted by Crippen LogP contribution is 2.20. The van der Waals surface area contributed by atoms with Crippen molar-refractivity contribution >= 4 is 22.2 Å². The fourth-order valence-corrected chi connectivity index (χ4v) is 3.06. The van der Waals surface area contributed by atoms with Crippen LogP contribution in [0.2, 0.25) is 0 Å². The zero-order valence-electron chi connectivity index (χ0n) is 12.7. The van der Waals surface area contributed by atoms with Crippen molar-refractivity contribution in [3.63, 3.8) is 0 Å². The number of fused-ring (bicyclic) bond motifs is 1. The van der Waals surface area contributed by atoms with E-state index in [9.17, 15) is 4.79 Å². The van der Waals surface area contributed by atoms with E-state index >= 15 is 0 Å². The Morgan fingerprint density at radius 3 is 2.75 bits per heavy atom. The Balaban J connectivity index is 2.07. The smallest absolute Gasteiger partial charge is 0.237 e. The van der Waals surface area contributed by atoms with Gasteiger partial charge >= 0.3 is 0 Å². The van der Waals surface area contributed by atoms with E-state index in [0.29, 0.717) is 6.54 Å². The highest BCUT2D eigenvalue weighted by molar-refractivity contribution is 7.15. The molecule has 2 aromatic rings. The summed E-state index contributed by atoms with van der Waals surface area (Å²) in [5.74, 6) is 0.0282. The lowest BCUT2D eigenvalue weighted by Gasteiger charge is -2.16. The number of aromatic nitrogens is 2. The summed E-state index contributed by atoms with van der Waals surface area (Å²) in [6.45, 7) is 10.5. The zero-order valence-corrected chi connectivity index (χ0v) is 13.5. The summed E-state index contributed by atoms with van der Waals surface area (Å²) in [7, 11) is 0. The Morgan fingerprint density at radius 2 is 2.10 bits per heavy atom. The average Bonchev–Trinajstić information content (AvgIpc) is 2.85. The van der Waals surface area contributed by atoms with Crippen LogP contribution in [0.1, 0.15) is 37.9 Å². The molecule has 0 fully saturated rings. The molecule has 1 amide bonds. The second kappa shape index (κ2) is 5.93. The van der Waals surface area contributed by atoms with Gasteiger partial charge in [-0.05, 0) is 34.6 Å². The standard InChI is InChI=1S/C14H22N4OS/c1-8(2)16-13(19)11(5)15-6-12-10(4)17-14-18(12)9(3)7-20-14/h7-8,11,15H,6H2,1-5H3,(H,16,19). The monoisotopic (exact) mass is 294 g/mol. The Morgan fingerprint density at radius 1 is 1.40 bits per heavy atom. The molecule has 5 nitrogen and oxygen atoms in total. The van der Waals surface area contributed by atoms with Gasteiger partial charge in [0.15, 0.2) is 4.96 Å². The molecule has 2 heterocycles. The van der Waals surface area contributed by atoms with Crippen molar-refractivity contribution in [1.82, 2.24) is 20.0 Å². The molecule has 0 aliphatic rings. The number of imidazole rings is 1. The SMILES string of the molecule is Cc1nc2scc(C)n2c1CNC(C)C(=O)NC(C)C. The normalized spacial score (nSPS) is 13.1. The number of thiazole rings is 1. The first-order valence-electron chi connectivity index (χ1n) is 6.86. The van der Waals surface area contributed by atoms with Crippen LogP contribution in [-0.2, 0) is 11.3 Å². The maximum atomic E-state index is 11.9. The minimum absolute atomic E-state index is 0.0282. The quantitative estimate of drug-likeness (QED) is 0.887. The summed E-state index contributed by atoms with van der Waals surface area (Å²) in [4.78, 5) is 17.4. The number of carbonyl (C=O) groups is 1. The maximum absolute atomic E-state index is 11.9. The van der Waals surface area contributed by atoms with Crippen LogP contribution in [-0.4, -0.2) is 27.4 Å². The van der Waals surface area contributed by atoms with E-state index in [4.69, 9.17) is 0 Å². The van der Waals surface area contributed by atoms with Crippen molar-refractivity contribution in [3.8, 4) is 0 Å². The van der Waals surface area contributed by atoms with Crippen molar-refractivity contribution < 1.29 is 4.79 Å². The van der Waals surface area contributed by atoms with Gasteiger partial charge in [-0.1, -0.05) is 0 Å². The third-order valence-electron chi connectivity index (χ3n) is 3.23. The van der Waals surface area contributed by atoms with Crippen LogP contribution < -0.4 is 10.6 Å². The molecule has 0 aromatic carbocycles. The van der Waals surface area contributed by atoms with E-state index in [2.05, 4.69) is 32.3 Å². The van der Waals surface area contributed by atoms with Gasteiger partial charge in [-0.15, -0.1) is 11.3 Å². The van der Waals surface area contributed by atoms with Gasteiger partial charge in [0.1, 0.15) is 0 Å².